The number of hydrogen-bond acceptors (Lipinski definition) is 3. The van der Waals surface area contributed by atoms with Gasteiger partial charge in [0, 0.05) is 24.4 Å². The normalized spacial score (nSPS) is 18.4. The summed E-state index contributed by atoms with van der Waals surface area (Å²) in [5, 5.41) is 3.57. The Kier molecular flexibility index (Phi) is 6.69. The first kappa shape index (κ1) is 13.3. The van der Waals surface area contributed by atoms with Crippen LogP contribution in [-0.2, 0) is 0 Å². The number of nitrogens with zero attached hydrogens (tertiary/aromatic N) is 1. The number of hydrogen-bond donors (Lipinski definition) is 1. The van der Waals surface area contributed by atoms with Gasteiger partial charge in [-0.2, -0.15) is 11.8 Å². The average molecular weight is 230 g/mol. The summed E-state index contributed by atoms with van der Waals surface area (Å²) in [6.07, 6.45) is 7.64. The lowest BCUT2D eigenvalue weighted by molar-refractivity contribution is 0.256. The van der Waals surface area contributed by atoms with E-state index in [1.54, 1.807) is 0 Å². The smallest absolute Gasteiger partial charge is 0.00720 e. The number of rotatable bonds is 9. The van der Waals surface area contributed by atoms with E-state index in [2.05, 4.69) is 30.4 Å². The number of thioether (sulfide) groups is 1. The lowest BCUT2D eigenvalue weighted by Crippen LogP contribution is -2.31. The Labute approximate surface area is 99.2 Å². The monoisotopic (exact) mass is 230 g/mol. The van der Waals surface area contributed by atoms with E-state index in [1.165, 1.54) is 44.5 Å². The van der Waals surface area contributed by atoms with Gasteiger partial charge in [0.1, 0.15) is 0 Å². The molecule has 0 aromatic heterocycles. The summed E-state index contributed by atoms with van der Waals surface area (Å²) in [5.41, 5.74) is 0. The Morgan fingerprint density at radius 2 is 2.20 bits per heavy atom. The molecule has 0 aliphatic heterocycles. The first-order chi connectivity index (χ1) is 7.24. The molecule has 0 heterocycles. The van der Waals surface area contributed by atoms with Crippen molar-refractivity contribution in [1.29, 1.82) is 0 Å². The molecule has 0 saturated heterocycles. The average Bonchev–Trinajstić information content (AvgIpc) is 3.04. The largest absolute Gasteiger partial charge is 0.314 e. The molecule has 2 nitrogen and oxygen atoms in total. The fourth-order valence-electron chi connectivity index (χ4n) is 1.67. The fourth-order valence-corrected chi connectivity index (χ4v) is 2.14. The van der Waals surface area contributed by atoms with E-state index in [0.29, 0.717) is 0 Å². The van der Waals surface area contributed by atoms with Crippen LogP contribution in [0.4, 0.5) is 0 Å². The predicted molar refractivity (Wildman–Crippen MR) is 70.7 cm³/mol. The Balaban J connectivity index is 1.92. The zero-order chi connectivity index (χ0) is 11.1. The van der Waals surface area contributed by atoms with Crippen LogP contribution in [0.1, 0.15) is 32.6 Å². The third-order valence-corrected chi connectivity index (χ3v) is 3.80. The molecule has 0 spiro atoms. The minimum atomic E-state index is 0.734. The molecule has 90 valence electrons. The van der Waals surface area contributed by atoms with Crippen LogP contribution >= 0.6 is 11.8 Å². The van der Waals surface area contributed by atoms with Crippen molar-refractivity contribution in [3.05, 3.63) is 0 Å². The zero-order valence-electron chi connectivity index (χ0n) is 10.5. The molecule has 1 fully saturated rings. The lowest BCUT2D eigenvalue weighted by atomic mass is 10.1. The van der Waals surface area contributed by atoms with Crippen molar-refractivity contribution in [3.8, 4) is 0 Å². The van der Waals surface area contributed by atoms with Gasteiger partial charge in [0.25, 0.3) is 0 Å². The molecule has 0 radical (unpaired) electrons. The third-order valence-electron chi connectivity index (χ3n) is 3.21. The van der Waals surface area contributed by atoms with Crippen molar-refractivity contribution < 1.29 is 0 Å². The molecule has 1 rings (SSSR count). The summed E-state index contributed by atoms with van der Waals surface area (Å²) in [7, 11) is 2.25. The predicted octanol–water partition coefficient (Wildman–Crippen LogP) is 2.20. The molecule has 1 atom stereocenters. The van der Waals surface area contributed by atoms with Crippen molar-refractivity contribution in [2.45, 2.75) is 44.7 Å². The molecular formula is C12H26N2S. The molecule has 1 saturated carbocycles. The van der Waals surface area contributed by atoms with Crippen LogP contribution in [0.3, 0.4) is 0 Å². The Morgan fingerprint density at radius 1 is 1.47 bits per heavy atom. The van der Waals surface area contributed by atoms with Gasteiger partial charge in [-0.3, -0.25) is 0 Å². The van der Waals surface area contributed by atoms with Crippen LogP contribution in [0.2, 0.25) is 0 Å². The Hall–Kier alpha value is 0.270. The van der Waals surface area contributed by atoms with Gasteiger partial charge in [0.2, 0.25) is 0 Å². The highest BCUT2D eigenvalue weighted by atomic mass is 32.2. The van der Waals surface area contributed by atoms with Crippen LogP contribution in [0.25, 0.3) is 0 Å². The second-order valence-electron chi connectivity index (χ2n) is 4.69. The highest BCUT2D eigenvalue weighted by molar-refractivity contribution is 7.98. The molecule has 1 aliphatic rings. The van der Waals surface area contributed by atoms with Crippen molar-refractivity contribution >= 4 is 11.8 Å². The first-order valence-corrected chi connectivity index (χ1v) is 7.56. The lowest BCUT2D eigenvalue weighted by Gasteiger charge is -2.24. The summed E-state index contributed by atoms with van der Waals surface area (Å²) >= 11 is 1.93. The SMILES string of the molecule is CSCCN(C)C(C)CCCNC1CC1. The van der Waals surface area contributed by atoms with Crippen LogP contribution in [0, 0.1) is 0 Å². The van der Waals surface area contributed by atoms with E-state index in [9.17, 15) is 0 Å². The van der Waals surface area contributed by atoms with Crippen molar-refractivity contribution in [1.82, 2.24) is 10.2 Å². The molecule has 15 heavy (non-hydrogen) atoms. The van der Waals surface area contributed by atoms with Gasteiger partial charge < -0.3 is 10.2 Å². The highest BCUT2D eigenvalue weighted by Gasteiger charge is 2.19. The van der Waals surface area contributed by atoms with Crippen molar-refractivity contribution in [2.75, 3.05) is 32.1 Å². The summed E-state index contributed by atoms with van der Waals surface area (Å²) < 4.78 is 0. The Bertz CT molecular complexity index is 160. The summed E-state index contributed by atoms with van der Waals surface area (Å²) in [4.78, 5) is 2.48. The quantitative estimate of drug-likeness (QED) is 0.611. The molecule has 0 amide bonds. The molecular weight excluding hydrogens is 204 g/mol. The minimum absolute atomic E-state index is 0.734. The number of nitrogens with one attached hydrogen (secondary N) is 1. The van der Waals surface area contributed by atoms with Gasteiger partial charge in [0.15, 0.2) is 0 Å². The van der Waals surface area contributed by atoms with Gasteiger partial charge in [-0.25, -0.2) is 0 Å². The topological polar surface area (TPSA) is 15.3 Å². The van der Waals surface area contributed by atoms with E-state index < -0.39 is 0 Å². The molecule has 3 heteroatoms. The van der Waals surface area contributed by atoms with Crippen molar-refractivity contribution in [3.63, 3.8) is 0 Å². The third kappa shape index (κ3) is 6.44. The second kappa shape index (κ2) is 7.53. The molecule has 0 bridgehead atoms. The molecule has 0 aromatic rings. The van der Waals surface area contributed by atoms with E-state index in [4.69, 9.17) is 0 Å². The van der Waals surface area contributed by atoms with Crippen LogP contribution in [0.5, 0.6) is 0 Å². The van der Waals surface area contributed by atoms with Crippen LogP contribution in [0.15, 0.2) is 0 Å². The second-order valence-corrected chi connectivity index (χ2v) is 5.68. The summed E-state index contributed by atoms with van der Waals surface area (Å²) in [5.74, 6) is 1.25. The maximum Gasteiger partial charge on any atom is 0.00720 e. The fraction of sp³-hybridized carbons (Fsp3) is 1.00. The van der Waals surface area contributed by atoms with E-state index >= 15 is 0 Å². The maximum atomic E-state index is 3.57. The molecule has 1 unspecified atom stereocenters. The Morgan fingerprint density at radius 3 is 2.80 bits per heavy atom. The summed E-state index contributed by atoms with van der Waals surface area (Å²) in [6, 6.07) is 1.60. The minimum Gasteiger partial charge on any atom is -0.314 e. The first-order valence-electron chi connectivity index (χ1n) is 6.16. The van der Waals surface area contributed by atoms with Crippen molar-refractivity contribution in [2.24, 2.45) is 0 Å². The van der Waals surface area contributed by atoms with E-state index in [0.717, 1.165) is 12.1 Å². The highest BCUT2D eigenvalue weighted by Crippen LogP contribution is 2.18. The van der Waals surface area contributed by atoms with E-state index in [1.807, 2.05) is 11.8 Å². The molecule has 0 aromatic carbocycles. The van der Waals surface area contributed by atoms with Gasteiger partial charge in [0.05, 0.1) is 0 Å². The van der Waals surface area contributed by atoms with E-state index in [-0.39, 0.29) is 0 Å². The molecule has 1 N–H and O–H groups in total. The zero-order valence-corrected chi connectivity index (χ0v) is 11.3. The maximum absolute atomic E-state index is 3.57. The standard InChI is InChI=1S/C12H26N2S/c1-11(14(2)9-10-15-3)5-4-8-13-12-6-7-12/h11-13H,4-10H2,1-3H3. The molecule has 1 aliphatic carbocycles. The van der Waals surface area contributed by atoms with Gasteiger partial charge >= 0.3 is 0 Å². The summed E-state index contributed by atoms with van der Waals surface area (Å²) in [6.45, 7) is 4.78. The van der Waals surface area contributed by atoms with Crippen LogP contribution in [-0.4, -0.2) is 49.1 Å². The van der Waals surface area contributed by atoms with Gasteiger partial charge in [-0.1, -0.05) is 0 Å². The van der Waals surface area contributed by atoms with Gasteiger partial charge in [-0.05, 0) is 52.5 Å². The van der Waals surface area contributed by atoms with Crippen LogP contribution < -0.4 is 5.32 Å². The van der Waals surface area contributed by atoms with Gasteiger partial charge in [-0.15, -0.1) is 0 Å².